The second-order valence-corrected chi connectivity index (χ2v) is 21.0. The summed E-state index contributed by atoms with van der Waals surface area (Å²) < 4.78 is 31.7. The molecular weight excluding hydrogens is 1130 g/mol. The van der Waals surface area contributed by atoms with Crippen LogP contribution in [0.1, 0.15) is 56.1 Å². The van der Waals surface area contributed by atoms with E-state index in [0.29, 0.717) is 17.5 Å². The van der Waals surface area contributed by atoms with E-state index in [1.165, 1.54) is 29.2 Å². The molecular formula is C48H66F3N15O14S2. The Labute approximate surface area is 474 Å². The van der Waals surface area contributed by atoms with E-state index in [1.54, 1.807) is 30.3 Å². The molecule has 8 unspecified atom stereocenters. The van der Waals surface area contributed by atoms with Gasteiger partial charge in [-0.2, -0.15) is 13.2 Å². The number of rotatable bonds is 19. The van der Waals surface area contributed by atoms with Crippen LogP contribution in [0.25, 0.3) is 0 Å². The van der Waals surface area contributed by atoms with E-state index >= 15 is 0 Å². The molecule has 0 radical (unpaired) electrons. The number of phenols is 1. The van der Waals surface area contributed by atoms with E-state index in [0.717, 1.165) is 21.6 Å². The summed E-state index contributed by atoms with van der Waals surface area (Å²) in [5, 5.41) is 34.8. The van der Waals surface area contributed by atoms with Crippen molar-refractivity contribution in [2.45, 2.75) is 112 Å². The van der Waals surface area contributed by atoms with Gasteiger partial charge in [-0.25, -0.2) is 4.79 Å². The zero-order valence-electron chi connectivity index (χ0n) is 43.8. The van der Waals surface area contributed by atoms with Gasteiger partial charge in [-0.15, -0.1) is 0 Å². The summed E-state index contributed by atoms with van der Waals surface area (Å²) in [7, 11) is 1.99. The molecule has 11 amide bonds. The number of aliphatic carboxylic acids is 1. The van der Waals surface area contributed by atoms with Gasteiger partial charge >= 0.3 is 12.1 Å². The van der Waals surface area contributed by atoms with Crippen LogP contribution in [0.3, 0.4) is 0 Å². The zero-order valence-corrected chi connectivity index (χ0v) is 45.4. The molecule has 0 bridgehead atoms. The molecule has 0 aromatic heterocycles. The SMILES string of the molecule is NC(=O)CCC1NC(=O)C(Cc2ccccc2)NC(=O)C(Cc2ccc(O)cc2)NC(=O)C(N)CSSCC(C(=O)N2CCCC2C(=O)NC(CCCN=C(N)N)C(=O)NCC(N)=O)NC(=O)C(CC(N)=O)NC1=O.O=C(O)C(F)(F)F. The molecule has 21 N–H and O–H groups in total. The number of hydrogen-bond donors (Lipinski definition) is 15. The molecule has 82 heavy (non-hydrogen) atoms. The number of carboxylic acid groups (broad SMARTS) is 1. The van der Waals surface area contributed by atoms with Crippen molar-refractivity contribution in [2.75, 3.05) is 31.1 Å². The number of aromatic hydroxyl groups is 1. The molecule has 2 aromatic rings. The van der Waals surface area contributed by atoms with Crippen LogP contribution in [0.4, 0.5) is 13.2 Å². The lowest BCUT2D eigenvalue weighted by Gasteiger charge is -2.31. The van der Waals surface area contributed by atoms with E-state index in [9.17, 15) is 71.0 Å². The molecule has 34 heteroatoms. The number of likely N-dealkylation sites (tertiary alicyclic amines) is 1. The van der Waals surface area contributed by atoms with Crippen molar-refractivity contribution in [3.05, 3.63) is 65.7 Å². The average Bonchev–Trinajstić information content (AvgIpc) is 4.02. The highest BCUT2D eigenvalue weighted by atomic mass is 33.1. The van der Waals surface area contributed by atoms with Crippen molar-refractivity contribution in [1.82, 2.24) is 42.1 Å². The number of nitrogens with one attached hydrogen (secondary N) is 7. The van der Waals surface area contributed by atoms with Gasteiger partial charge in [-0.05, 0) is 55.4 Å². The second-order valence-electron chi connectivity index (χ2n) is 18.4. The van der Waals surface area contributed by atoms with Crippen LogP contribution in [0, 0.1) is 0 Å². The Balaban J connectivity index is 0.00000236. The minimum absolute atomic E-state index is 0.00106. The number of aliphatic imine (C=N–C) groups is 1. The first-order valence-corrected chi connectivity index (χ1v) is 27.5. The summed E-state index contributed by atoms with van der Waals surface area (Å²) in [5.74, 6) is -13.3. The van der Waals surface area contributed by atoms with Gasteiger partial charge in [0.15, 0.2) is 5.96 Å². The highest BCUT2D eigenvalue weighted by Gasteiger charge is 2.41. The van der Waals surface area contributed by atoms with Crippen molar-refractivity contribution in [1.29, 1.82) is 0 Å². The average molecular weight is 1200 g/mol. The number of halogens is 3. The summed E-state index contributed by atoms with van der Waals surface area (Å²) in [6, 6.07) is 2.80. The minimum atomic E-state index is -5.08. The van der Waals surface area contributed by atoms with Crippen LogP contribution in [0.5, 0.6) is 5.75 Å². The number of guanidine groups is 1. The number of hydrogen-bond acceptors (Lipinski definition) is 17. The van der Waals surface area contributed by atoms with Gasteiger partial charge in [0.05, 0.1) is 19.0 Å². The van der Waals surface area contributed by atoms with Gasteiger partial charge < -0.3 is 86.7 Å². The lowest BCUT2D eigenvalue weighted by Crippen LogP contribution is -2.61. The van der Waals surface area contributed by atoms with Crippen molar-refractivity contribution in [3.8, 4) is 5.75 Å². The number of carboxylic acids is 1. The molecule has 2 fully saturated rings. The molecule has 2 aliphatic rings. The molecule has 0 aliphatic carbocycles. The van der Waals surface area contributed by atoms with Crippen LogP contribution in [-0.2, 0) is 70.4 Å². The third-order valence-electron chi connectivity index (χ3n) is 11.9. The largest absolute Gasteiger partial charge is 0.508 e. The third-order valence-corrected chi connectivity index (χ3v) is 14.3. The summed E-state index contributed by atoms with van der Waals surface area (Å²) in [6.45, 7) is -0.443. The van der Waals surface area contributed by atoms with E-state index in [1.807, 2.05) is 0 Å². The first-order chi connectivity index (χ1) is 38.5. The first-order valence-electron chi connectivity index (χ1n) is 25.0. The summed E-state index contributed by atoms with van der Waals surface area (Å²) >= 11 is 0. The number of nitrogens with two attached hydrogens (primary N) is 6. The van der Waals surface area contributed by atoms with Crippen LogP contribution in [-0.4, -0.2) is 178 Å². The molecule has 2 aliphatic heterocycles. The Morgan fingerprint density at radius 2 is 1.26 bits per heavy atom. The Kier molecular flexibility index (Phi) is 27.6. The number of primary amides is 3. The number of nitrogens with zero attached hydrogens (tertiary/aromatic N) is 2. The first kappa shape index (κ1) is 67.9. The lowest BCUT2D eigenvalue weighted by molar-refractivity contribution is -0.192. The van der Waals surface area contributed by atoms with E-state index in [4.69, 9.17) is 44.3 Å². The van der Waals surface area contributed by atoms with Gasteiger partial charge in [0.2, 0.25) is 65.0 Å². The molecule has 0 saturated carbocycles. The minimum Gasteiger partial charge on any atom is -0.508 e. The Hall–Kier alpha value is -8.40. The van der Waals surface area contributed by atoms with Crippen molar-refractivity contribution in [3.63, 3.8) is 0 Å². The van der Waals surface area contributed by atoms with Crippen molar-refractivity contribution < 1.29 is 80.9 Å². The highest BCUT2D eigenvalue weighted by Crippen LogP contribution is 2.26. The molecule has 4 rings (SSSR count). The normalized spacial score (nSPS) is 21.6. The summed E-state index contributed by atoms with van der Waals surface area (Å²) in [4.78, 5) is 162. The van der Waals surface area contributed by atoms with Crippen LogP contribution >= 0.6 is 21.6 Å². The van der Waals surface area contributed by atoms with Crippen molar-refractivity contribution >= 4 is 98.5 Å². The predicted molar refractivity (Wildman–Crippen MR) is 289 cm³/mol. The van der Waals surface area contributed by atoms with Gasteiger partial charge in [0, 0.05) is 43.9 Å². The Morgan fingerprint density at radius 1 is 0.720 bits per heavy atom. The molecule has 0 spiro atoms. The van der Waals surface area contributed by atoms with E-state index < -0.39 is 151 Å². The summed E-state index contributed by atoms with van der Waals surface area (Å²) in [6.07, 6.45) is -6.47. The van der Waals surface area contributed by atoms with Gasteiger partial charge in [0.1, 0.15) is 48.0 Å². The zero-order chi connectivity index (χ0) is 61.3. The molecule has 29 nitrogen and oxygen atoms in total. The fourth-order valence-electron chi connectivity index (χ4n) is 7.80. The van der Waals surface area contributed by atoms with Gasteiger partial charge in [-0.3, -0.25) is 57.7 Å². The molecule has 2 heterocycles. The Morgan fingerprint density at radius 3 is 1.82 bits per heavy atom. The smallest absolute Gasteiger partial charge is 0.490 e. The Bertz CT molecular complexity index is 2640. The van der Waals surface area contributed by atoms with Crippen molar-refractivity contribution in [2.24, 2.45) is 39.4 Å². The summed E-state index contributed by atoms with van der Waals surface area (Å²) in [5.41, 5.74) is 34.4. The number of amides is 11. The number of carbonyl (C=O) groups is 12. The maximum absolute atomic E-state index is 14.6. The monoisotopic (exact) mass is 1200 g/mol. The molecule has 2 saturated heterocycles. The van der Waals surface area contributed by atoms with Gasteiger partial charge in [-0.1, -0.05) is 64.1 Å². The fourth-order valence-corrected chi connectivity index (χ4v) is 10.1. The van der Waals surface area contributed by atoms with Crippen LogP contribution < -0.4 is 71.6 Å². The second kappa shape index (κ2) is 33.4. The predicted octanol–water partition coefficient (Wildman–Crippen LogP) is -4.77. The fraction of sp³-hybridized carbons (Fsp3) is 0.479. The third kappa shape index (κ3) is 24.1. The number of alkyl halides is 3. The topological polar surface area (TPSA) is 501 Å². The lowest BCUT2D eigenvalue weighted by atomic mass is 10.0. The standard InChI is InChI=1S/C46H65N15O12S2.C2HF3O2/c47-27-22-74-75-23-33(45(73)61-17-5-9-34(61)44(72)56-28(8-4-16-53-46(51)52)39(67)54-21-37(50)65)60-43(71)32(20-36(49)64)59-40(68)29(14-15-35(48)63)55-41(69)31(18-24-6-2-1-3-7-24)58-42(70)30(57-38(27)66)19-25-10-12-26(62)13-11-25;3-2(4,5)1(6)7/h1-3,6-7,10-13,27-34,62H,4-5,8-9,14-23,47H2,(H2,48,63)(H2,49,64)(H2,50,65)(H,54,67)(H,55,69)(H,56,72)(H,57,66)(H,58,70)(H,59,68)(H,60,71)(H4,51,52,53);(H,6,7). The highest BCUT2D eigenvalue weighted by molar-refractivity contribution is 8.76. The van der Waals surface area contributed by atoms with Crippen LogP contribution in [0.2, 0.25) is 0 Å². The molecule has 8 atom stereocenters. The number of phenolic OH excluding ortho intramolecular Hbond substituents is 1. The van der Waals surface area contributed by atoms with Crippen LogP contribution in [0.15, 0.2) is 59.6 Å². The molecule has 450 valence electrons. The quantitative estimate of drug-likeness (QED) is 0.0272. The van der Waals surface area contributed by atoms with Gasteiger partial charge in [0.25, 0.3) is 0 Å². The van der Waals surface area contributed by atoms with E-state index in [2.05, 4.69) is 42.2 Å². The maximum atomic E-state index is 14.6. The number of benzene rings is 2. The maximum Gasteiger partial charge on any atom is 0.490 e. The molecule has 2 aromatic carbocycles. The number of carbonyl (C=O) groups excluding carboxylic acids is 11. The van der Waals surface area contributed by atoms with E-state index in [-0.39, 0.29) is 68.4 Å².